The van der Waals surface area contributed by atoms with E-state index in [1.54, 1.807) is 0 Å². The van der Waals surface area contributed by atoms with Crippen LogP contribution in [0.15, 0.2) is 0 Å². The molecule has 0 amide bonds. The van der Waals surface area contributed by atoms with Crippen molar-refractivity contribution in [3.05, 3.63) is 0 Å². The number of unbranched alkanes of at least 4 members (excludes halogenated alkanes) is 1. The fourth-order valence-corrected chi connectivity index (χ4v) is 0.860. The molecule has 1 atom stereocenters. The first-order valence-corrected chi connectivity index (χ1v) is 4.06. The summed E-state index contributed by atoms with van der Waals surface area (Å²) in [6, 6.07) is 0. The van der Waals surface area contributed by atoms with Crippen LogP contribution in [-0.2, 0) is 4.79 Å². The Bertz CT molecular complexity index is 112. The SMILES string of the molecule is CC[C@@H](O)CCCCC(=O)O. The van der Waals surface area contributed by atoms with Gasteiger partial charge in [-0.05, 0) is 19.3 Å². The lowest BCUT2D eigenvalue weighted by molar-refractivity contribution is -0.137. The standard InChI is InChI=1S/C8H16O3/c1-2-7(9)5-3-4-6-8(10)11/h7,9H,2-6H2,1H3,(H,10,11)/t7-/m1/s1. The highest BCUT2D eigenvalue weighted by atomic mass is 16.4. The molecule has 0 rings (SSSR count). The smallest absolute Gasteiger partial charge is 0.303 e. The van der Waals surface area contributed by atoms with E-state index in [1.807, 2.05) is 6.92 Å². The zero-order valence-electron chi connectivity index (χ0n) is 6.92. The van der Waals surface area contributed by atoms with Crippen molar-refractivity contribution in [2.24, 2.45) is 0 Å². The lowest BCUT2D eigenvalue weighted by Gasteiger charge is -2.05. The second kappa shape index (κ2) is 6.16. The van der Waals surface area contributed by atoms with Gasteiger partial charge in [0.25, 0.3) is 0 Å². The van der Waals surface area contributed by atoms with Crippen LogP contribution in [0.3, 0.4) is 0 Å². The van der Waals surface area contributed by atoms with Crippen LogP contribution in [0, 0.1) is 0 Å². The fraction of sp³-hybridized carbons (Fsp3) is 0.875. The first kappa shape index (κ1) is 10.4. The molecular weight excluding hydrogens is 144 g/mol. The predicted molar refractivity (Wildman–Crippen MR) is 42.4 cm³/mol. The summed E-state index contributed by atoms with van der Waals surface area (Å²) in [4.78, 5) is 10.1. The number of carboxylic acids is 1. The van der Waals surface area contributed by atoms with Crippen molar-refractivity contribution in [1.29, 1.82) is 0 Å². The molecule has 0 spiro atoms. The van der Waals surface area contributed by atoms with Gasteiger partial charge >= 0.3 is 5.97 Å². The first-order valence-electron chi connectivity index (χ1n) is 4.06. The second-order valence-electron chi connectivity index (χ2n) is 2.70. The molecule has 0 aliphatic carbocycles. The largest absolute Gasteiger partial charge is 0.481 e. The van der Waals surface area contributed by atoms with E-state index < -0.39 is 5.97 Å². The van der Waals surface area contributed by atoms with Crippen molar-refractivity contribution in [3.63, 3.8) is 0 Å². The van der Waals surface area contributed by atoms with E-state index in [2.05, 4.69) is 0 Å². The van der Waals surface area contributed by atoms with E-state index in [0.717, 1.165) is 19.3 Å². The van der Waals surface area contributed by atoms with E-state index in [9.17, 15) is 4.79 Å². The maximum absolute atomic E-state index is 10.1. The number of rotatable bonds is 6. The quantitative estimate of drug-likeness (QED) is 0.577. The molecule has 0 aromatic carbocycles. The fourth-order valence-electron chi connectivity index (χ4n) is 0.860. The predicted octanol–water partition coefficient (Wildman–Crippen LogP) is 1.40. The van der Waals surface area contributed by atoms with Gasteiger partial charge in [0.1, 0.15) is 0 Å². The molecule has 3 heteroatoms. The molecule has 0 fully saturated rings. The molecule has 0 saturated carbocycles. The molecule has 0 radical (unpaired) electrons. The minimum Gasteiger partial charge on any atom is -0.481 e. The van der Waals surface area contributed by atoms with Crippen molar-refractivity contribution in [2.75, 3.05) is 0 Å². The molecule has 66 valence electrons. The normalized spacial score (nSPS) is 12.9. The Hall–Kier alpha value is -0.570. The van der Waals surface area contributed by atoms with E-state index in [1.165, 1.54) is 0 Å². The van der Waals surface area contributed by atoms with Gasteiger partial charge in [-0.15, -0.1) is 0 Å². The molecular formula is C8H16O3. The molecule has 0 aromatic heterocycles. The van der Waals surface area contributed by atoms with Crippen LogP contribution in [0.25, 0.3) is 0 Å². The van der Waals surface area contributed by atoms with Crippen LogP contribution >= 0.6 is 0 Å². The van der Waals surface area contributed by atoms with Gasteiger partial charge in [0, 0.05) is 6.42 Å². The first-order chi connectivity index (χ1) is 5.16. The molecule has 3 nitrogen and oxygen atoms in total. The van der Waals surface area contributed by atoms with Crippen LogP contribution in [0.2, 0.25) is 0 Å². The van der Waals surface area contributed by atoms with Gasteiger partial charge in [-0.3, -0.25) is 4.79 Å². The van der Waals surface area contributed by atoms with Gasteiger partial charge in [0.05, 0.1) is 6.10 Å². The molecule has 2 N–H and O–H groups in total. The van der Waals surface area contributed by atoms with Gasteiger partial charge in [-0.1, -0.05) is 13.3 Å². The van der Waals surface area contributed by atoms with Crippen LogP contribution in [-0.4, -0.2) is 22.3 Å². The lowest BCUT2D eigenvalue weighted by Crippen LogP contribution is -2.04. The minimum atomic E-state index is -0.754. The van der Waals surface area contributed by atoms with E-state index in [-0.39, 0.29) is 12.5 Å². The van der Waals surface area contributed by atoms with Crippen molar-refractivity contribution in [1.82, 2.24) is 0 Å². The molecule has 0 heterocycles. The highest BCUT2D eigenvalue weighted by Crippen LogP contribution is 2.05. The summed E-state index contributed by atoms with van der Waals surface area (Å²) in [7, 11) is 0. The van der Waals surface area contributed by atoms with Crippen LogP contribution in [0.4, 0.5) is 0 Å². The van der Waals surface area contributed by atoms with Crippen molar-refractivity contribution in [3.8, 4) is 0 Å². The third kappa shape index (κ3) is 7.33. The van der Waals surface area contributed by atoms with Gasteiger partial charge in [-0.2, -0.15) is 0 Å². The Morgan fingerprint density at radius 2 is 2.09 bits per heavy atom. The molecule has 11 heavy (non-hydrogen) atoms. The third-order valence-corrected chi connectivity index (χ3v) is 1.65. The van der Waals surface area contributed by atoms with Gasteiger partial charge in [0.2, 0.25) is 0 Å². The zero-order valence-corrected chi connectivity index (χ0v) is 6.92. The average Bonchev–Trinajstić information content (AvgIpc) is 1.97. The summed E-state index contributed by atoms with van der Waals surface area (Å²) < 4.78 is 0. The lowest BCUT2D eigenvalue weighted by atomic mass is 10.1. The van der Waals surface area contributed by atoms with Gasteiger partial charge < -0.3 is 10.2 Å². The number of hydrogen-bond donors (Lipinski definition) is 2. The Kier molecular flexibility index (Phi) is 5.84. The number of aliphatic hydroxyl groups is 1. The van der Waals surface area contributed by atoms with E-state index >= 15 is 0 Å². The van der Waals surface area contributed by atoms with Gasteiger partial charge in [0.15, 0.2) is 0 Å². The van der Waals surface area contributed by atoms with Crippen molar-refractivity contribution >= 4 is 5.97 Å². The third-order valence-electron chi connectivity index (χ3n) is 1.65. The summed E-state index contributed by atoms with van der Waals surface area (Å²) >= 11 is 0. The molecule has 0 aliphatic rings. The summed E-state index contributed by atoms with van der Waals surface area (Å²) in [6.07, 6.45) is 2.94. The van der Waals surface area contributed by atoms with Crippen LogP contribution in [0.1, 0.15) is 39.0 Å². The van der Waals surface area contributed by atoms with E-state index in [4.69, 9.17) is 10.2 Å². The Morgan fingerprint density at radius 3 is 2.55 bits per heavy atom. The topological polar surface area (TPSA) is 57.5 Å². The summed E-state index contributed by atoms with van der Waals surface area (Å²) in [5.41, 5.74) is 0. The molecule has 0 aromatic rings. The highest BCUT2D eigenvalue weighted by molar-refractivity contribution is 5.66. The molecule has 0 saturated heterocycles. The summed E-state index contributed by atoms with van der Waals surface area (Å²) in [6.45, 7) is 1.92. The molecule has 0 aliphatic heterocycles. The Morgan fingerprint density at radius 1 is 1.45 bits per heavy atom. The maximum Gasteiger partial charge on any atom is 0.303 e. The van der Waals surface area contributed by atoms with Gasteiger partial charge in [-0.25, -0.2) is 0 Å². The molecule has 0 bridgehead atoms. The zero-order chi connectivity index (χ0) is 8.69. The van der Waals surface area contributed by atoms with Crippen molar-refractivity contribution in [2.45, 2.75) is 45.1 Å². The number of carboxylic acid groups (broad SMARTS) is 1. The average molecular weight is 160 g/mol. The maximum atomic E-state index is 10.1. The minimum absolute atomic E-state index is 0.219. The van der Waals surface area contributed by atoms with Crippen LogP contribution < -0.4 is 0 Å². The summed E-state index contributed by atoms with van der Waals surface area (Å²) in [5.74, 6) is -0.754. The molecule has 0 unspecified atom stereocenters. The number of carbonyl (C=O) groups is 1. The van der Waals surface area contributed by atoms with E-state index in [0.29, 0.717) is 6.42 Å². The van der Waals surface area contributed by atoms with Crippen LogP contribution in [0.5, 0.6) is 0 Å². The van der Waals surface area contributed by atoms with Crippen molar-refractivity contribution < 1.29 is 15.0 Å². The number of aliphatic carboxylic acids is 1. The highest BCUT2D eigenvalue weighted by Gasteiger charge is 2.01. The Balaban J connectivity index is 3.08. The number of hydrogen-bond acceptors (Lipinski definition) is 2. The number of aliphatic hydroxyl groups excluding tert-OH is 1. The second-order valence-corrected chi connectivity index (χ2v) is 2.70. The monoisotopic (exact) mass is 160 g/mol. The Labute approximate surface area is 67.0 Å². The summed E-state index contributed by atoms with van der Waals surface area (Å²) in [5, 5.41) is 17.3.